The lowest BCUT2D eigenvalue weighted by atomic mass is 9.72. The lowest BCUT2D eigenvalue weighted by Gasteiger charge is -2.39. The van der Waals surface area contributed by atoms with Crippen LogP contribution in [0.15, 0.2) is 89.7 Å². The molecule has 3 aromatic rings. The summed E-state index contributed by atoms with van der Waals surface area (Å²) in [5, 5.41) is 12.2. The summed E-state index contributed by atoms with van der Waals surface area (Å²) in [7, 11) is -3.92. The number of rotatable bonds is 6. The van der Waals surface area contributed by atoms with Gasteiger partial charge in [-0.2, -0.15) is 0 Å². The third kappa shape index (κ3) is 4.74. The second-order valence-corrected chi connectivity index (χ2v) is 12.0. The van der Waals surface area contributed by atoms with E-state index in [4.69, 9.17) is 4.74 Å². The average molecular weight is 531 g/mol. The van der Waals surface area contributed by atoms with Gasteiger partial charge in [0.2, 0.25) is 0 Å². The van der Waals surface area contributed by atoms with Crippen molar-refractivity contribution < 1.29 is 23.1 Å². The number of para-hydroxylation sites is 1. The lowest BCUT2D eigenvalue weighted by molar-refractivity contribution is -0.160. The Morgan fingerprint density at radius 1 is 1.05 bits per heavy atom. The predicted octanol–water partition coefficient (Wildman–Crippen LogP) is 5.30. The van der Waals surface area contributed by atoms with Gasteiger partial charge < -0.3 is 9.84 Å². The lowest BCUT2D eigenvalue weighted by Crippen LogP contribution is -2.45. The molecule has 196 valence electrons. The maximum absolute atomic E-state index is 13.4. The number of fused-ring (bicyclic) bond motifs is 2. The van der Waals surface area contributed by atoms with Crippen molar-refractivity contribution in [3.63, 3.8) is 0 Å². The van der Waals surface area contributed by atoms with E-state index in [-0.39, 0.29) is 22.6 Å². The number of ether oxygens (including phenoxy) is 1. The van der Waals surface area contributed by atoms with Crippen LogP contribution in [0.3, 0.4) is 0 Å². The standard InChI is InChI=1S/C30H30N2O5S/c33-29-23-12-3-1-2-4-13-24(23)37-30(34)27(29)26(19-15-16-19)21-9-5-11-22(18-21)32-38(35,36)25-14-6-8-20-10-7-17-31-28(20)25/h2,4-11,13-14,17-19,23,26-27,29,32-33H,1,3,12,15-16H2. The van der Waals surface area contributed by atoms with Gasteiger partial charge >= 0.3 is 5.97 Å². The summed E-state index contributed by atoms with van der Waals surface area (Å²) in [6.07, 6.45) is 10.9. The fourth-order valence-corrected chi connectivity index (χ4v) is 7.13. The molecule has 0 bridgehead atoms. The van der Waals surface area contributed by atoms with E-state index in [9.17, 15) is 18.3 Å². The molecule has 4 atom stereocenters. The van der Waals surface area contributed by atoms with E-state index in [2.05, 4.69) is 9.71 Å². The van der Waals surface area contributed by atoms with Crippen molar-refractivity contribution in [1.82, 2.24) is 4.98 Å². The molecule has 8 heteroatoms. The molecule has 6 rings (SSSR count). The maximum atomic E-state index is 13.4. The number of esters is 1. The SMILES string of the molecule is O=C1OC2=CC=CCCCC2C(O)C1C(c1cccc(NS(=O)(=O)c2cccc3cccnc23)c1)C1CC1. The first-order valence-corrected chi connectivity index (χ1v) is 14.6. The quantitative estimate of drug-likeness (QED) is 0.419. The molecule has 1 aliphatic heterocycles. The molecule has 3 aliphatic rings. The molecular formula is C30H30N2O5S. The van der Waals surface area contributed by atoms with Crippen molar-refractivity contribution in [3.8, 4) is 0 Å². The second-order valence-electron chi connectivity index (χ2n) is 10.4. The zero-order valence-corrected chi connectivity index (χ0v) is 21.7. The average Bonchev–Trinajstić information content (AvgIpc) is 3.72. The molecule has 2 N–H and O–H groups in total. The van der Waals surface area contributed by atoms with Crippen LogP contribution in [0, 0.1) is 17.8 Å². The summed E-state index contributed by atoms with van der Waals surface area (Å²) in [5.41, 5.74) is 1.62. The molecule has 2 heterocycles. The number of hydrogen-bond donors (Lipinski definition) is 2. The van der Waals surface area contributed by atoms with E-state index in [1.165, 1.54) is 6.07 Å². The summed E-state index contributed by atoms with van der Waals surface area (Å²) in [6, 6.07) is 15.8. The van der Waals surface area contributed by atoms with Gasteiger partial charge in [0.05, 0.1) is 17.5 Å². The zero-order valence-electron chi connectivity index (χ0n) is 20.9. The minimum atomic E-state index is -3.92. The highest BCUT2D eigenvalue weighted by molar-refractivity contribution is 7.93. The van der Waals surface area contributed by atoms with Crippen LogP contribution in [0.4, 0.5) is 5.69 Å². The molecule has 1 aromatic heterocycles. The number of pyridine rings is 1. The Morgan fingerprint density at radius 3 is 2.71 bits per heavy atom. The van der Waals surface area contributed by atoms with Crippen molar-refractivity contribution in [2.24, 2.45) is 17.8 Å². The van der Waals surface area contributed by atoms with Gasteiger partial charge in [-0.25, -0.2) is 8.42 Å². The Hall–Kier alpha value is -3.49. The number of sulfonamides is 1. The van der Waals surface area contributed by atoms with Gasteiger partial charge in [0.15, 0.2) is 0 Å². The second kappa shape index (κ2) is 10.0. The summed E-state index contributed by atoms with van der Waals surface area (Å²) in [6.45, 7) is 0. The van der Waals surface area contributed by atoms with Crippen molar-refractivity contribution in [2.45, 2.75) is 49.0 Å². The van der Waals surface area contributed by atoms with E-state index in [1.54, 1.807) is 42.6 Å². The molecule has 2 aliphatic carbocycles. The number of nitrogens with one attached hydrogen (secondary N) is 1. The number of aliphatic hydroxyl groups is 1. The van der Waals surface area contributed by atoms with Gasteiger partial charge in [-0.05, 0) is 73.9 Å². The van der Waals surface area contributed by atoms with Crippen LogP contribution in [-0.4, -0.2) is 30.6 Å². The van der Waals surface area contributed by atoms with E-state index < -0.39 is 28.0 Å². The summed E-state index contributed by atoms with van der Waals surface area (Å²) in [5.74, 6) is -0.848. The van der Waals surface area contributed by atoms with Gasteiger partial charge in [0, 0.05) is 29.1 Å². The first-order valence-electron chi connectivity index (χ1n) is 13.2. The molecular weight excluding hydrogens is 500 g/mol. The number of carbonyl (C=O) groups is 1. The van der Waals surface area contributed by atoms with Gasteiger partial charge in [0.25, 0.3) is 10.0 Å². The molecule has 1 saturated carbocycles. The minimum absolute atomic E-state index is 0.101. The minimum Gasteiger partial charge on any atom is -0.430 e. The van der Waals surface area contributed by atoms with Crippen LogP contribution in [0.1, 0.15) is 43.6 Å². The number of nitrogens with zero attached hydrogens (tertiary/aromatic N) is 1. The largest absolute Gasteiger partial charge is 0.430 e. The topological polar surface area (TPSA) is 106 Å². The van der Waals surface area contributed by atoms with Crippen LogP contribution in [0.2, 0.25) is 0 Å². The van der Waals surface area contributed by atoms with Crippen LogP contribution in [0.5, 0.6) is 0 Å². The van der Waals surface area contributed by atoms with Crippen LogP contribution < -0.4 is 4.72 Å². The predicted molar refractivity (Wildman–Crippen MR) is 145 cm³/mol. The van der Waals surface area contributed by atoms with Gasteiger partial charge in [-0.1, -0.05) is 42.5 Å². The molecule has 0 radical (unpaired) electrons. The monoisotopic (exact) mass is 530 g/mol. The molecule has 7 nitrogen and oxygen atoms in total. The Morgan fingerprint density at radius 2 is 1.87 bits per heavy atom. The molecule has 38 heavy (non-hydrogen) atoms. The summed E-state index contributed by atoms with van der Waals surface area (Å²) < 4.78 is 35.3. The Kier molecular flexibility index (Phi) is 6.53. The first-order chi connectivity index (χ1) is 18.4. The number of hydrogen-bond acceptors (Lipinski definition) is 6. The van der Waals surface area contributed by atoms with Crippen LogP contribution in [0.25, 0.3) is 10.9 Å². The molecule has 4 unspecified atom stereocenters. The number of aromatic nitrogens is 1. The van der Waals surface area contributed by atoms with Gasteiger partial charge in [-0.3, -0.25) is 14.5 Å². The number of carbonyl (C=O) groups excluding carboxylic acids is 1. The van der Waals surface area contributed by atoms with Crippen molar-refractivity contribution >= 4 is 32.6 Å². The van der Waals surface area contributed by atoms with Gasteiger partial charge in [0.1, 0.15) is 10.7 Å². The van der Waals surface area contributed by atoms with Crippen molar-refractivity contribution in [1.29, 1.82) is 0 Å². The fraction of sp³-hybridized carbons (Fsp3) is 0.333. The Bertz CT molecular complexity index is 1540. The number of anilines is 1. The molecule has 1 saturated heterocycles. The smallest absolute Gasteiger partial charge is 0.317 e. The first kappa shape index (κ1) is 24.8. The Labute approximate surface area is 222 Å². The number of aliphatic hydroxyl groups excluding tert-OH is 1. The van der Waals surface area contributed by atoms with Crippen molar-refractivity contribution in [3.05, 3.63) is 90.3 Å². The third-order valence-corrected chi connectivity index (χ3v) is 9.26. The third-order valence-electron chi connectivity index (χ3n) is 7.84. The Balaban J connectivity index is 1.32. The summed E-state index contributed by atoms with van der Waals surface area (Å²) >= 11 is 0. The zero-order chi connectivity index (χ0) is 26.3. The number of benzene rings is 2. The highest BCUT2D eigenvalue weighted by Gasteiger charge is 2.50. The van der Waals surface area contributed by atoms with Crippen molar-refractivity contribution in [2.75, 3.05) is 4.72 Å². The highest BCUT2D eigenvalue weighted by Crippen LogP contribution is 2.51. The molecule has 0 amide bonds. The van der Waals surface area contributed by atoms with Crippen LogP contribution in [-0.2, 0) is 19.6 Å². The van der Waals surface area contributed by atoms with E-state index in [0.29, 0.717) is 17.0 Å². The maximum Gasteiger partial charge on any atom is 0.317 e. The fourth-order valence-electron chi connectivity index (χ4n) is 5.90. The van der Waals surface area contributed by atoms with E-state index >= 15 is 0 Å². The normalized spacial score (nSPS) is 24.5. The van der Waals surface area contributed by atoms with Crippen LogP contribution >= 0.6 is 0 Å². The summed E-state index contributed by atoms with van der Waals surface area (Å²) in [4.78, 5) is 17.6. The highest BCUT2D eigenvalue weighted by atomic mass is 32.2. The van der Waals surface area contributed by atoms with Gasteiger partial charge in [-0.15, -0.1) is 0 Å². The number of allylic oxidation sites excluding steroid dienone is 3. The van der Waals surface area contributed by atoms with E-state index in [0.717, 1.165) is 43.1 Å². The molecule has 2 fully saturated rings. The van der Waals surface area contributed by atoms with E-state index in [1.807, 2.05) is 30.4 Å². The molecule has 0 spiro atoms. The molecule has 2 aromatic carbocycles.